The van der Waals surface area contributed by atoms with Crippen LogP contribution in [0.25, 0.3) is 0 Å². The molecule has 0 aliphatic heterocycles. The summed E-state index contributed by atoms with van der Waals surface area (Å²) < 4.78 is 0. The quantitative estimate of drug-likeness (QED) is 0.143. The third-order valence-electron chi connectivity index (χ3n) is 2.15. The summed E-state index contributed by atoms with van der Waals surface area (Å²) in [5.41, 5.74) is 0. The Bertz CT molecular complexity index is 299. The van der Waals surface area contributed by atoms with Crippen molar-refractivity contribution in [2.24, 2.45) is 4.99 Å². The second-order valence-corrected chi connectivity index (χ2v) is 3.66. The van der Waals surface area contributed by atoms with E-state index >= 15 is 0 Å². The monoisotopic (exact) mass is 261 g/mol. The maximum atomic E-state index is 11.0. The summed E-state index contributed by atoms with van der Waals surface area (Å²) in [7, 11) is 0. The average Bonchev–Trinajstić information content (AvgIpc) is 2.30. The molecule has 0 aliphatic carbocycles. The van der Waals surface area contributed by atoms with Crippen molar-refractivity contribution < 1.29 is 44.6 Å². The Kier molecular flexibility index (Phi) is 15.9. The molecule has 0 amide bonds. The van der Waals surface area contributed by atoms with Gasteiger partial charge in [-0.3, -0.25) is 0 Å². The average molecular weight is 261 g/mol. The maximum absolute atomic E-state index is 11.0. The Balaban J connectivity index is 0. The van der Waals surface area contributed by atoms with Gasteiger partial charge in [-0.15, -0.1) is 0 Å². The van der Waals surface area contributed by atoms with E-state index in [1.165, 1.54) is 0 Å². The van der Waals surface area contributed by atoms with Crippen LogP contribution in [0.15, 0.2) is 29.3 Å². The van der Waals surface area contributed by atoms with Crippen LogP contribution < -0.4 is 34.7 Å². The summed E-state index contributed by atoms with van der Waals surface area (Å²) in [5.74, 6) is -1.60. The van der Waals surface area contributed by atoms with Crippen molar-refractivity contribution in [3.63, 3.8) is 0 Å². The zero-order valence-corrected chi connectivity index (χ0v) is 13.3. The van der Waals surface area contributed by atoms with E-state index in [9.17, 15) is 9.90 Å². The molecule has 0 radical (unpaired) electrons. The molecule has 0 atom stereocenters. The molecule has 4 nitrogen and oxygen atoms in total. The van der Waals surface area contributed by atoms with Crippen LogP contribution in [0.4, 0.5) is 0 Å². The van der Waals surface area contributed by atoms with E-state index in [0.29, 0.717) is 6.54 Å². The van der Waals surface area contributed by atoms with E-state index < -0.39 is 11.9 Å². The Morgan fingerprint density at radius 1 is 1.22 bits per heavy atom. The summed E-state index contributed by atoms with van der Waals surface area (Å²) in [6.07, 6.45) is 11.3. The topological polar surface area (TPSA) is 72.7 Å². The molecule has 0 heterocycles. The minimum atomic E-state index is -1.13. The molecule has 18 heavy (non-hydrogen) atoms. The molecule has 0 saturated heterocycles. The van der Waals surface area contributed by atoms with Crippen molar-refractivity contribution in [1.29, 1.82) is 0 Å². The van der Waals surface area contributed by atoms with Gasteiger partial charge in [0.05, 0.1) is 0 Å². The number of hydrogen-bond acceptors (Lipinski definition) is 3. The number of hydrogen-bond donors (Lipinski definition) is 1. The van der Waals surface area contributed by atoms with Gasteiger partial charge in [0, 0.05) is 12.6 Å². The van der Waals surface area contributed by atoms with Crippen LogP contribution in [0.5, 0.6) is 0 Å². The zero-order valence-electron chi connectivity index (χ0n) is 11.3. The fraction of sp³-hybridized carbons (Fsp3) is 0.538. The molecule has 0 aromatic rings. The fourth-order valence-electron chi connectivity index (χ4n) is 1.28. The van der Waals surface area contributed by atoms with Gasteiger partial charge in [-0.25, -0.2) is 4.79 Å². The number of carboxylic acids is 1. The van der Waals surface area contributed by atoms with Crippen LogP contribution in [0.2, 0.25) is 0 Å². The molecule has 0 aromatic carbocycles. The number of rotatable bonds is 9. The smallest absolute Gasteiger partial charge is 0.859 e. The minimum Gasteiger partial charge on any atom is -0.859 e. The Morgan fingerprint density at radius 2 is 1.89 bits per heavy atom. The van der Waals surface area contributed by atoms with Crippen molar-refractivity contribution in [1.82, 2.24) is 0 Å². The summed E-state index contributed by atoms with van der Waals surface area (Å²) in [6.45, 7) is 2.49. The second kappa shape index (κ2) is 14.5. The third-order valence-corrected chi connectivity index (χ3v) is 2.15. The van der Waals surface area contributed by atoms with E-state index in [0.717, 1.165) is 44.3 Å². The molecule has 0 spiro atoms. The molecule has 96 valence electrons. The molecule has 0 aliphatic rings. The molecule has 0 fully saturated rings. The molecule has 1 N–H and O–H groups in total. The molecular formula is C13H20NNaO3. The molecule has 0 saturated carbocycles. The maximum Gasteiger partial charge on any atom is 1.00 e. The van der Waals surface area contributed by atoms with Crippen LogP contribution in [-0.2, 0) is 4.79 Å². The van der Waals surface area contributed by atoms with Gasteiger partial charge < -0.3 is 15.2 Å². The summed E-state index contributed by atoms with van der Waals surface area (Å²) in [5, 5.41) is 19.3. The van der Waals surface area contributed by atoms with Crippen molar-refractivity contribution in [3.8, 4) is 0 Å². The SMILES string of the molecule is C/C=C/CCCCCCN=C([O-])/C=C/C(=O)O.[Na+]. The van der Waals surface area contributed by atoms with E-state index in [2.05, 4.69) is 11.1 Å². The number of allylic oxidation sites excluding steroid dienone is 2. The first-order valence-electron chi connectivity index (χ1n) is 5.90. The zero-order chi connectivity index (χ0) is 12.9. The molecule has 0 aromatic heterocycles. The van der Waals surface area contributed by atoms with Crippen LogP contribution in [0, 0.1) is 0 Å². The minimum absolute atomic E-state index is 0. The Hall–Kier alpha value is -0.580. The van der Waals surface area contributed by atoms with Gasteiger partial charge in [0.15, 0.2) is 0 Å². The van der Waals surface area contributed by atoms with Gasteiger partial charge >= 0.3 is 35.5 Å². The summed E-state index contributed by atoms with van der Waals surface area (Å²) >= 11 is 0. The second-order valence-electron chi connectivity index (χ2n) is 3.66. The molecule has 0 unspecified atom stereocenters. The van der Waals surface area contributed by atoms with Gasteiger partial charge in [0.2, 0.25) is 0 Å². The van der Waals surface area contributed by atoms with E-state index in [-0.39, 0.29) is 29.6 Å². The largest absolute Gasteiger partial charge is 1.00 e. The van der Waals surface area contributed by atoms with Crippen molar-refractivity contribution in [2.75, 3.05) is 6.54 Å². The fourth-order valence-corrected chi connectivity index (χ4v) is 1.28. The van der Waals surface area contributed by atoms with E-state index in [1.54, 1.807) is 0 Å². The molecule has 0 bridgehead atoms. The molecule has 0 rings (SSSR count). The van der Waals surface area contributed by atoms with Crippen LogP contribution in [0.1, 0.15) is 39.0 Å². The number of carbonyl (C=O) groups is 1. The Morgan fingerprint density at radius 3 is 2.50 bits per heavy atom. The first-order chi connectivity index (χ1) is 8.16. The Labute approximate surface area is 131 Å². The van der Waals surface area contributed by atoms with Gasteiger partial charge in [-0.1, -0.05) is 25.0 Å². The van der Waals surface area contributed by atoms with Crippen molar-refractivity contribution >= 4 is 11.9 Å². The number of aliphatic imine (C=N–C) groups is 1. The van der Waals surface area contributed by atoms with Crippen molar-refractivity contribution in [2.45, 2.75) is 39.0 Å². The first-order valence-corrected chi connectivity index (χ1v) is 5.90. The van der Waals surface area contributed by atoms with Crippen LogP contribution in [0.3, 0.4) is 0 Å². The van der Waals surface area contributed by atoms with Crippen LogP contribution in [-0.4, -0.2) is 23.5 Å². The van der Waals surface area contributed by atoms with Gasteiger partial charge in [-0.05, 0) is 38.2 Å². The van der Waals surface area contributed by atoms with Gasteiger partial charge in [0.1, 0.15) is 0 Å². The van der Waals surface area contributed by atoms with E-state index in [1.807, 2.05) is 13.0 Å². The first kappa shape index (κ1) is 19.8. The number of nitrogens with zero attached hydrogens (tertiary/aromatic N) is 1. The summed E-state index contributed by atoms with van der Waals surface area (Å²) in [4.78, 5) is 13.8. The van der Waals surface area contributed by atoms with E-state index in [4.69, 9.17) is 5.11 Å². The third kappa shape index (κ3) is 15.4. The predicted molar refractivity (Wildman–Crippen MR) is 67.0 cm³/mol. The van der Waals surface area contributed by atoms with Gasteiger partial charge in [0.25, 0.3) is 0 Å². The number of unbranched alkanes of at least 4 members (excludes halogenated alkanes) is 4. The number of carboxylic acid groups (broad SMARTS) is 1. The van der Waals surface area contributed by atoms with Crippen molar-refractivity contribution in [3.05, 3.63) is 24.3 Å². The normalized spacial score (nSPS) is 11.9. The molecular weight excluding hydrogens is 241 g/mol. The standard InChI is InChI=1S/C13H21NO3.Na/c1-2-3-4-5-6-7-8-11-14-12(15)9-10-13(16)17;/h2-3,9-10H,4-8,11H2,1H3,(H,14,15)(H,16,17);/q;+1/p-1/b3-2+,10-9+;. The van der Waals surface area contributed by atoms with Crippen LogP contribution >= 0.6 is 0 Å². The number of aliphatic carboxylic acids is 1. The molecule has 5 heteroatoms. The van der Waals surface area contributed by atoms with Gasteiger partial charge in [-0.2, -0.15) is 0 Å². The summed E-state index contributed by atoms with van der Waals surface area (Å²) in [6, 6.07) is 0. The predicted octanol–water partition coefficient (Wildman–Crippen LogP) is -1.08.